The second kappa shape index (κ2) is 11.7. The summed E-state index contributed by atoms with van der Waals surface area (Å²) in [7, 11) is 0. The van der Waals surface area contributed by atoms with E-state index in [1.54, 1.807) is 30.5 Å². The van der Waals surface area contributed by atoms with Gasteiger partial charge in [0.25, 0.3) is 5.91 Å². The number of fused-ring (bicyclic) bond motifs is 1. The maximum Gasteiger partial charge on any atom is 0.316 e. The van der Waals surface area contributed by atoms with Crippen molar-refractivity contribution in [3.8, 4) is 11.8 Å². The van der Waals surface area contributed by atoms with Crippen LogP contribution >= 0.6 is 11.8 Å². The van der Waals surface area contributed by atoms with Crippen LogP contribution in [0.3, 0.4) is 0 Å². The third-order valence-electron chi connectivity index (χ3n) is 4.33. The number of hydrogen-bond acceptors (Lipinski definition) is 8. The first kappa shape index (κ1) is 23.0. The first-order valence-electron chi connectivity index (χ1n) is 10.0. The molecule has 32 heavy (non-hydrogen) atoms. The Labute approximate surface area is 190 Å². The summed E-state index contributed by atoms with van der Waals surface area (Å²) in [6, 6.07) is 16.4. The molecule has 0 fully saturated rings. The van der Waals surface area contributed by atoms with Gasteiger partial charge in [0.2, 0.25) is 0 Å². The molecule has 0 radical (unpaired) electrons. The number of carbonyl (C=O) groups excluding carboxylic acids is 2. The van der Waals surface area contributed by atoms with Crippen LogP contribution in [0.4, 0.5) is 5.69 Å². The van der Waals surface area contributed by atoms with Crippen molar-refractivity contribution in [2.75, 3.05) is 30.4 Å². The Morgan fingerprint density at radius 2 is 1.88 bits per heavy atom. The first-order chi connectivity index (χ1) is 15.6. The molecule has 3 rings (SSSR count). The van der Waals surface area contributed by atoms with Crippen LogP contribution < -0.4 is 9.64 Å². The predicted molar refractivity (Wildman–Crippen MR) is 121 cm³/mol. The first-order valence-corrected chi connectivity index (χ1v) is 11.0. The molecule has 0 atom stereocenters. The standard InChI is InChI=1S/C23H22N4O4S/c1-2-30-18-10-8-17(9-11-18)27(13-5-12-24)22(28)15-31-23(29)16-32-21-14-25-19-6-3-4-7-20(19)26-21/h3-4,6-11,14H,2,5,13,15-16H2,1H3. The third kappa shape index (κ3) is 6.43. The summed E-state index contributed by atoms with van der Waals surface area (Å²) in [6.07, 6.45) is 1.75. The van der Waals surface area contributed by atoms with Crippen LogP contribution in [0.5, 0.6) is 5.75 Å². The molecular formula is C23H22N4O4S. The number of thioether (sulfide) groups is 1. The minimum absolute atomic E-state index is 0.00154. The molecule has 1 amide bonds. The highest BCUT2D eigenvalue weighted by Gasteiger charge is 2.18. The van der Waals surface area contributed by atoms with E-state index in [9.17, 15) is 9.59 Å². The van der Waals surface area contributed by atoms with Crippen molar-refractivity contribution in [2.24, 2.45) is 0 Å². The molecule has 2 aromatic carbocycles. The zero-order valence-electron chi connectivity index (χ0n) is 17.6. The lowest BCUT2D eigenvalue weighted by atomic mass is 10.2. The van der Waals surface area contributed by atoms with Gasteiger partial charge in [-0.3, -0.25) is 14.6 Å². The summed E-state index contributed by atoms with van der Waals surface area (Å²) in [5, 5.41) is 9.51. The van der Waals surface area contributed by atoms with E-state index in [-0.39, 0.29) is 18.7 Å². The minimum Gasteiger partial charge on any atom is -0.494 e. The van der Waals surface area contributed by atoms with Crippen LogP contribution in [0.25, 0.3) is 11.0 Å². The minimum atomic E-state index is -0.537. The molecule has 0 aliphatic carbocycles. The van der Waals surface area contributed by atoms with E-state index in [4.69, 9.17) is 14.7 Å². The van der Waals surface area contributed by atoms with Gasteiger partial charge in [0.05, 0.1) is 42.1 Å². The summed E-state index contributed by atoms with van der Waals surface area (Å²) in [6.45, 7) is 2.20. The van der Waals surface area contributed by atoms with E-state index in [1.807, 2.05) is 37.3 Å². The fraction of sp³-hybridized carbons (Fsp3) is 0.261. The fourth-order valence-corrected chi connectivity index (χ4v) is 3.49. The van der Waals surface area contributed by atoms with Crippen molar-refractivity contribution in [1.29, 1.82) is 5.26 Å². The van der Waals surface area contributed by atoms with Crippen LogP contribution in [0.15, 0.2) is 59.8 Å². The molecular weight excluding hydrogens is 428 g/mol. The number of amides is 1. The zero-order valence-corrected chi connectivity index (χ0v) is 18.4. The summed E-state index contributed by atoms with van der Waals surface area (Å²) < 4.78 is 10.6. The predicted octanol–water partition coefficient (Wildman–Crippen LogP) is 3.61. The second-order valence-electron chi connectivity index (χ2n) is 6.53. The Morgan fingerprint density at radius 1 is 1.12 bits per heavy atom. The molecule has 0 N–H and O–H groups in total. The van der Waals surface area contributed by atoms with Gasteiger partial charge >= 0.3 is 5.97 Å². The van der Waals surface area contributed by atoms with E-state index < -0.39 is 18.5 Å². The van der Waals surface area contributed by atoms with Crippen molar-refractivity contribution in [2.45, 2.75) is 18.4 Å². The molecule has 3 aromatic rings. The monoisotopic (exact) mass is 450 g/mol. The Morgan fingerprint density at radius 3 is 2.59 bits per heavy atom. The number of benzene rings is 2. The number of nitriles is 1. The Kier molecular flexibility index (Phi) is 8.40. The summed E-state index contributed by atoms with van der Waals surface area (Å²) in [5.74, 6) is -0.260. The highest BCUT2D eigenvalue weighted by Crippen LogP contribution is 2.21. The van der Waals surface area contributed by atoms with Crippen molar-refractivity contribution in [1.82, 2.24) is 9.97 Å². The van der Waals surface area contributed by atoms with E-state index >= 15 is 0 Å². The summed E-state index contributed by atoms with van der Waals surface area (Å²) in [5.41, 5.74) is 2.12. The molecule has 0 spiro atoms. The number of para-hydroxylation sites is 2. The number of ether oxygens (including phenoxy) is 2. The molecule has 0 saturated carbocycles. The van der Waals surface area contributed by atoms with Gasteiger partial charge in [-0.25, -0.2) is 4.98 Å². The number of hydrogen-bond donors (Lipinski definition) is 0. The van der Waals surface area contributed by atoms with E-state index in [0.717, 1.165) is 11.0 Å². The van der Waals surface area contributed by atoms with Gasteiger partial charge in [0.15, 0.2) is 6.61 Å². The Balaban J connectivity index is 1.54. The van der Waals surface area contributed by atoms with Gasteiger partial charge in [0, 0.05) is 12.2 Å². The quantitative estimate of drug-likeness (QED) is 0.341. The summed E-state index contributed by atoms with van der Waals surface area (Å²) in [4.78, 5) is 35.0. The zero-order chi connectivity index (χ0) is 22.8. The van der Waals surface area contributed by atoms with Crippen LogP contribution in [0, 0.1) is 11.3 Å². The highest BCUT2D eigenvalue weighted by molar-refractivity contribution is 7.99. The number of anilines is 1. The van der Waals surface area contributed by atoms with Crippen molar-refractivity contribution in [3.05, 3.63) is 54.7 Å². The lowest BCUT2D eigenvalue weighted by Crippen LogP contribution is -2.35. The number of aromatic nitrogens is 2. The second-order valence-corrected chi connectivity index (χ2v) is 7.52. The highest BCUT2D eigenvalue weighted by atomic mass is 32.2. The van der Waals surface area contributed by atoms with Crippen molar-refractivity contribution in [3.63, 3.8) is 0 Å². The van der Waals surface area contributed by atoms with Crippen LogP contribution in [-0.4, -0.2) is 47.4 Å². The van der Waals surface area contributed by atoms with Gasteiger partial charge in [0.1, 0.15) is 10.8 Å². The number of nitrogens with zero attached hydrogens (tertiary/aromatic N) is 4. The Hall–Kier alpha value is -3.64. The molecule has 1 heterocycles. The smallest absolute Gasteiger partial charge is 0.316 e. The van der Waals surface area contributed by atoms with Crippen molar-refractivity contribution >= 4 is 40.4 Å². The lowest BCUT2D eigenvalue weighted by molar-refractivity contribution is -0.145. The van der Waals surface area contributed by atoms with Gasteiger partial charge in [-0.05, 0) is 43.3 Å². The molecule has 0 aliphatic rings. The molecule has 9 heteroatoms. The largest absolute Gasteiger partial charge is 0.494 e. The van der Waals surface area contributed by atoms with Gasteiger partial charge in [-0.15, -0.1) is 0 Å². The molecule has 0 bridgehead atoms. The van der Waals surface area contributed by atoms with Gasteiger partial charge in [-0.1, -0.05) is 23.9 Å². The molecule has 0 saturated heterocycles. The molecule has 0 unspecified atom stereocenters. The Bertz CT molecular complexity index is 1110. The maximum atomic E-state index is 12.7. The number of esters is 1. The van der Waals surface area contributed by atoms with Crippen LogP contribution in [-0.2, 0) is 14.3 Å². The number of carbonyl (C=O) groups is 2. The number of rotatable bonds is 10. The SMILES string of the molecule is CCOc1ccc(N(CCC#N)C(=O)COC(=O)CSc2cnc3ccccc3n2)cc1. The van der Waals surface area contributed by atoms with E-state index in [0.29, 0.717) is 23.1 Å². The lowest BCUT2D eigenvalue weighted by Gasteiger charge is -2.22. The van der Waals surface area contributed by atoms with Gasteiger partial charge < -0.3 is 14.4 Å². The van der Waals surface area contributed by atoms with E-state index in [1.165, 1.54) is 16.7 Å². The average molecular weight is 451 g/mol. The molecule has 0 aliphatic heterocycles. The van der Waals surface area contributed by atoms with Gasteiger partial charge in [-0.2, -0.15) is 5.26 Å². The summed E-state index contributed by atoms with van der Waals surface area (Å²) >= 11 is 1.19. The van der Waals surface area contributed by atoms with E-state index in [2.05, 4.69) is 9.97 Å². The third-order valence-corrected chi connectivity index (χ3v) is 5.20. The fourth-order valence-electron chi connectivity index (χ4n) is 2.85. The normalized spacial score (nSPS) is 10.4. The molecule has 1 aromatic heterocycles. The van der Waals surface area contributed by atoms with Crippen LogP contribution in [0.2, 0.25) is 0 Å². The molecule has 8 nitrogen and oxygen atoms in total. The molecule has 164 valence electrons. The van der Waals surface area contributed by atoms with Crippen LogP contribution in [0.1, 0.15) is 13.3 Å². The van der Waals surface area contributed by atoms with Crippen molar-refractivity contribution < 1.29 is 19.1 Å². The average Bonchev–Trinajstić information content (AvgIpc) is 2.82. The topological polar surface area (TPSA) is 105 Å². The maximum absolute atomic E-state index is 12.7.